The Morgan fingerprint density at radius 2 is 1.94 bits per heavy atom. The van der Waals surface area contributed by atoms with Gasteiger partial charge in [-0.3, -0.25) is 9.78 Å². The Kier molecular flexibility index (Phi) is 8.04. The van der Waals surface area contributed by atoms with Gasteiger partial charge in [0.15, 0.2) is 23.0 Å². The van der Waals surface area contributed by atoms with Crippen LogP contribution in [0.2, 0.25) is 0 Å². The molecule has 31 heavy (non-hydrogen) atoms. The summed E-state index contributed by atoms with van der Waals surface area (Å²) in [6.45, 7) is 8.25. The second kappa shape index (κ2) is 11.2. The monoisotopic (exact) mass is 423 g/mol. The lowest BCUT2D eigenvalue weighted by Gasteiger charge is -2.22. The molecule has 2 heterocycles. The largest absolute Gasteiger partial charge is 0.490 e. The SMILES string of the molecule is CCCOc1ccc(CN(CCC)C(=O)c2cc(-c3cccnc3)on2)cc1OCC. The molecular formula is C24H29N3O4. The minimum atomic E-state index is -0.176. The highest BCUT2D eigenvalue weighted by molar-refractivity contribution is 5.93. The molecule has 0 fully saturated rings. The van der Waals surface area contributed by atoms with E-state index in [1.54, 1.807) is 23.4 Å². The van der Waals surface area contributed by atoms with Crippen LogP contribution in [0.25, 0.3) is 11.3 Å². The maximum absolute atomic E-state index is 13.1. The summed E-state index contributed by atoms with van der Waals surface area (Å²) in [6.07, 6.45) is 5.11. The Morgan fingerprint density at radius 1 is 1.06 bits per heavy atom. The molecule has 1 aromatic carbocycles. The van der Waals surface area contributed by atoms with Gasteiger partial charge < -0.3 is 18.9 Å². The van der Waals surface area contributed by atoms with Crippen molar-refractivity contribution in [2.45, 2.75) is 40.2 Å². The second-order valence-electron chi connectivity index (χ2n) is 7.11. The smallest absolute Gasteiger partial charge is 0.276 e. The number of benzene rings is 1. The van der Waals surface area contributed by atoms with Gasteiger partial charge >= 0.3 is 0 Å². The molecule has 0 spiro atoms. The van der Waals surface area contributed by atoms with Crippen LogP contribution in [0.1, 0.15) is 49.7 Å². The molecule has 7 nitrogen and oxygen atoms in total. The number of hydrogen-bond donors (Lipinski definition) is 0. The highest BCUT2D eigenvalue weighted by Gasteiger charge is 2.21. The normalized spacial score (nSPS) is 10.7. The Bertz CT molecular complexity index is 972. The fourth-order valence-electron chi connectivity index (χ4n) is 3.18. The van der Waals surface area contributed by atoms with Crippen molar-refractivity contribution in [3.63, 3.8) is 0 Å². The van der Waals surface area contributed by atoms with Crippen LogP contribution >= 0.6 is 0 Å². The first kappa shape index (κ1) is 22.3. The van der Waals surface area contributed by atoms with Crippen molar-refractivity contribution in [3.8, 4) is 22.8 Å². The Morgan fingerprint density at radius 3 is 2.65 bits per heavy atom. The third-order valence-electron chi connectivity index (χ3n) is 4.60. The Balaban J connectivity index is 1.78. The van der Waals surface area contributed by atoms with Crippen molar-refractivity contribution in [2.24, 2.45) is 0 Å². The summed E-state index contributed by atoms with van der Waals surface area (Å²) in [7, 11) is 0. The van der Waals surface area contributed by atoms with E-state index in [1.807, 2.05) is 44.2 Å². The zero-order valence-electron chi connectivity index (χ0n) is 18.3. The second-order valence-corrected chi connectivity index (χ2v) is 7.11. The van der Waals surface area contributed by atoms with Crippen LogP contribution < -0.4 is 9.47 Å². The average Bonchev–Trinajstić information content (AvgIpc) is 3.29. The van der Waals surface area contributed by atoms with E-state index < -0.39 is 0 Å². The van der Waals surface area contributed by atoms with Crippen LogP contribution in [-0.4, -0.2) is 40.7 Å². The highest BCUT2D eigenvalue weighted by Crippen LogP contribution is 2.29. The lowest BCUT2D eigenvalue weighted by atomic mass is 10.1. The van der Waals surface area contributed by atoms with Gasteiger partial charge in [0.05, 0.1) is 13.2 Å². The fraction of sp³-hybridized carbons (Fsp3) is 0.375. The van der Waals surface area contributed by atoms with Gasteiger partial charge in [0.2, 0.25) is 0 Å². The molecule has 0 radical (unpaired) electrons. The lowest BCUT2D eigenvalue weighted by Crippen LogP contribution is -2.31. The summed E-state index contributed by atoms with van der Waals surface area (Å²) in [6, 6.07) is 11.1. The number of ether oxygens (including phenoxy) is 2. The summed E-state index contributed by atoms with van der Waals surface area (Å²) in [4.78, 5) is 19.0. The van der Waals surface area contributed by atoms with Gasteiger partial charge in [-0.05, 0) is 49.6 Å². The van der Waals surface area contributed by atoms with Gasteiger partial charge in [0.25, 0.3) is 5.91 Å². The van der Waals surface area contributed by atoms with Crippen LogP contribution in [0.4, 0.5) is 0 Å². The molecule has 0 saturated carbocycles. The molecule has 164 valence electrons. The molecule has 0 saturated heterocycles. The van der Waals surface area contributed by atoms with Crippen LogP contribution in [0.3, 0.4) is 0 Å². The summed E-state index contributed by atoms with van der Waals surface area (Å²) >= 11 is 0. The van der Waals surface area contributed by atoms with Crippen molar-refractivity contribution in [1.82, 2.24) is 15.0 Å². The molecule has 0 aliphatic rings. The van der Waals surface area contributed by atoms with E-state index >= 15 is 0 Å². The van der Waals surface area contributed by atoms with Crippen LogP contribution in [0, 0.1) is 0 Å². The standard InChI is InChI=1S/C24H29N3O4/c1-4-12-27(17-18-9-10-21(30-13-5-2)23(14-18)29-6-3)24(28)20-15-22(31-26-20)19-8-7-11-25-16-19/h7-11,14-16H,4-6,12-13,17H2,1-3H3. The van der Waals surface area contributed by atoms with Crippen molar-refractivity contribution in [3.05, 3.63) is 60.0 Å². The molecule has 0 atom stereocenters. The molecule has 3 aromatic rings. The summed E-state index contributed by atoms with van der Waals surface area (Å²) in [5.41, 5.74) is 2.02. The van der Waals surface area contributed by atoms with Crippen molar-refractivity contribution < 1.29 is 18.8 Å². The van der Waals surface area contributed by atoms with Gasteiger partial charge in [0, 0.05) is 37.1 Å². The summed E-state index contributed by atoms with van der Waals surface area (Å²) in [5, 5.41) is 3.99. The maximum Gasteiger partial charge on any atom is 0.276 e. The van der Waals surface area contributed by atoms with Gasteiger partial charge in [-0.25, -0.2) is 0 Å². The number of rotatable bonds is 11. The van der Waals surface area contributed by atoms with Gasteiger partial charge in [-0.2, -0.15) is 0 Å². The topological polar surface area (TPSA) is 77.7 Å². The number of nitrogens with zero attached hydrogens (tertiary/aromatic N) is 3. The van der Waals surface area contributed by atoms with Crippen molar-refractivity contribution in [1.29, 1.82) is 0 Å². The average molecular weight is 424 g/mol. The first-order valence-electron chi connectivity index (χ1n) is 10.7. The fourth-order valence-corrected chi connectivity index (χ4v) is 3.18. The number of carbonyl (C=O) groups is 1. The van der Waals surface area contributed by atoms with E-state index in [0.29, 0.717) is 37.8 Å². The lowest BCUT2D eigenvalue weighted by molar-refractivity contribution is 0.0732. The van der Waals surface area contributed by atoms with E-state index in [9.17, 15) is 4.79 Å². The molecular weight excluding hydrogens is 394 g/mol. The van der Waals surface area contributed by atoms with Gasteiger partial charge in [-0.1, -0.05) is 25.1 Å². The zero-order chi connectivity index (χ0) is 22.1. The van der Waals surface area contributed by atoms with Gasteiger partial charge in [0.1, 0.15) is 0 Å². The maximum atomic E-state index is 13.1. The number of aromatic nitrogens is 2. The number of pyridine rings is 1. The van der Waals surface area contributed by atoms with E-state index in [2.05, 4.69) is 17.1 Å². The zero-order valence-corrected chi connectivity index (χ0v) is 18.3. The molecule has 0 unspecified atom stereocenters. The van der Waals surface area contributed by atoms with Gasteiger partial charge in [-0.15, -0.1) is 0 Å². The summed E-state index contributed by atoms with van der Waals surface area (Å²) < 4.78 is 16.9. The molecule has 2 aromatic heterocycles. The molecule has 0 aliphatic heterocycles. The quantitative estimate of drug-likeness (QED) is 0.433. The van der Waals surface area contributed by atoms with E-state index in [4.69, 9.17) is 14.0 Å². The molecule has 0 bridgehead atoms. The third kappa shape index (κ3) is 5.84. The number of amides is 1. The van der Waals surface area contributed by atoms with Crippen LogP contribution in [-0.2, 0) is 6.54 Å². The minimum Gasteiger partial charge on any atom is -0.490 e. The van der Waals surface area contributed by atoms with E-state index in [1.165, 1.54) is 0 Å². The molecule has 1 amide bonds. The molecule has 0 N–H and O–H groups in total. The van der Waals surface area contributed by atoms with Crippen LogP contribution in [0.5, 0.6) is 11.5 Å². The highest BCUT2D eigenvalue weighted by atomic mass is 16.5. The first-order valence-corrected chi connectivity index (χ1v) is 10.7. The first-order chi connectivity index (χ1) is 15.2. The van der Waals surface area contributed by atoms with Crippen LogP contribution in [0.15, 0.2) is 53.3 Å². The minimum absolute atomic E-state index is 0.176. The predicted octanol–water partition coefficient (Wildman–Crippen LogP) is 4.98. The third-order valence-corrected chi connectivity index (χ3v) is 4.60. The molecule has 7 heteroatoms. The van der Waals surface area contributed by atoms with Crippen molar-refractivity contribution >= 4 is 5.91 Å². The Hall–Kier alpha value is -3.35. The molecule has 3 rings (SSSR count). The summed E-state index contributed by atoms with van der Waals surface area (Å²) in [5.74, 6) is 1.75. The number of hydrogen-bond acceptors (Lipinski definition) is 6. The van der Waals surface area contributed by atoms with E-state index in [-0.39, 0.29) is 11.6 Å². The van der Waals surface area contributed by atoms with Crippen molar-refractivity contribution in [2.75, 3.05) is 19.8 Å². The predicted molar refractivity (Wildman–Crippen MR) is 118 cm³/mol. The van der Waals surface area contributed by atoms with E-state index in [0.717, 1.165) is 29.7 Å². The Labute approximate surface area is 183 Å². The molecule has 0 aliphatic carbocycles. The number of carbonyl (C=O) groups excluding carboxylic acids is 1.